The standard InChI is InChI=1S/C7H7BrF3NO/c8-3-1-2-5-4-6(13-12-5)7(9,10)11/h4H,1-3H2. The van der Waals surface area contributed by atoms with E-state index in [0.29, 0.717) is 12.1 Å². The highest BCUT2D eigenvalue weighted by atomic mass is 79.9. The van der Waals surface area contributed by atoms with Gasteiger partial charge in [0, 0.05) is 11.4 Å². The highest BCUT2D eigenvalue weighted by Gasteiger charge is 2.35. The van der Waals surface area contributed by atoms with Gasteiger partial charge in [-0.05, 0) is 12.8 Å². The Morgan fingerprint density at radius 1 is 1.46 bits per heavy atom. The largest absolute Gasteiger partial charge is 0.452 e. The van der Waals surface area contributed by atoms with Gasteiger partial charge in [-0.15, -0.1) is 0 Å². The molecule has 2 nitrogen and oxygen atoms in total. The summed E-state index contributed by atoms with van der Waals surface area (Å²) in [5, 5.41) is 4.04. The molecule has 6 heteroatoms. The van der Waals surface area contributed by atoms with Crippen molar-refractivity contribution in [1.29, 1.82) is 0 Å². The van der Waals surface area contributed by atoms with E-state index in [4.69, 9.17) is 0 Å². The minimum Gasteiger partial charge on any atom is -0.351 e. The van der Waals surface area contributed by atoms with Crippen molar-refractivity contribution in [3.63, 3.8) is 0 Å². The molecule has 0 atom stereocenters. The van der Waals surface area contributed by atoms with Gasteiger partial charge < -0.3 is 4.52 Å². The van der Waals surface area contributed by atoms with E-state index in [-0.39, 0.29) is 0 Å². The van der Waals surface area contributed by atoms with Crippen LogP contribution in [0.3, 0.4) is 0 Å². The summed E-state index contributed by atoms with van der Waals surface area (Å²) < 4.78 is 40.1. The molecule has 1 aromatic rings. The number of aryl methyl sites for hydroxylation is 1. The van der Waals surface area contributed by atoms with E-state index in [1.165, 1.54) is 0 Å². The van der Waals surface area contributed by atoms with Crippen LogP contribution < -0.4 is 0 Å². The Bertz CT molecular complexity index is 271. The van der Waals surface area contributed by atoms with Crippen LogP contribution in [0, 0.1) is 0 Å². The summed E-state index contributed by atoms with van der Waals surface area (Å²) >= 11 is 3.17. The second-order valence-electron chi connectivity index (χ2n) is 2.47. The molecule has 0 aliphatic carbocycles. The average Bonchev–Trinajstić information content (AvgIpc) is 2.47. The number of halogens is 4. The Kier molecular flexibility index (Phi) is 3.35. The molecule has 0 radical (unpaired) electrons. The van der Waals surface area contributed by atoms with E-state index in [2.05, 4.69) is 25.6 Å². The molecule has 0 unspecified atom stereocenters. The topological polar surface area (TPSA) is 26.0 Å². The molecule has 0 N–H and O–H groups in total. The van der Waals surface area contributed by atoms with E-state index in [0.717, 1.165) is 17.8 Å². The molecule has 0 fully saturated rings. The number of rotatable bonds is 3. The number of alkyl halides is 4. The Morgan fingerprint density at radius 2 is 2.15 bits per heavy atom. The van der Waals surface area contributed by atoms with Crippen LogP contribution in [0.4, 0.5) is 13.2 Å². The van der Waals surface area contributed by atoms with Crippen molar-refractivity contribution in [3.05, 3.63) is 17.5 Å². The molecule has 0 aliphatic rings. The number of hydrogen-bond acceptors (Lipinski definition) is 2. The van der Waals surface area contributed by atoms with Crippen molar-refractivity contribution >= 4 is 15.9 Å². The van der Waals surface area contributed by atoms with Crippen molar-refractivity contribution in [2.45, 2.75) is 19.0 Å². The lowest BCUT2D eigenvalue weighted by Gasteiger charge is -1.97. The Balaban J connectivity index is 2.64. The molecule has 74 valence electrons. The summed E-state index contributed by atoms with van der Waals surface area (Å²) in [6.07, 6.45) is -3.20. The second-order valence-corrected chi connectivity index (χ2v) is 3.27. The van der Waals surface area contributed by atoms with E-state index in [1.807, 2.05) is 0 Å². The summed E-state index contributed by atoms with van der Waals surface area (Å²) in [7, 11) is 0. The fourth-order valence-electron chi connectivity index (χ4n) is 0.811. The van der Waals surface area contributed by atoms with Crippen LogP contribution in [0.5, 0.6) is 0 Å². The molecule has 0 aromatic carbocycles. The minimum absolute atomic E-state index is 0.340. The summed E-state index contributed by atoms with van der Waals surface area (Å²) in [4.78, 5) is 0. The predicted octanol–water partition coefficient (Wildman–Crippen LogP) is 3.02. The molecule has 1 aromatic heterocycles. The third kappa shape index (κ3) is 3.02. The third-order valence-corrected chi connectivity index (χ3v) is 1.97. The smallest absolute Gasteiger partial charge is 0.351 e. The van der Waals surface area contributed by atoms with Gasteiger partial charge in [0.25, 0.3) is 0 Å². The fourth-order valence-corrected chi connectivity index (χ4v) is 1.09. The van der Waals surface area contributed by atoms with Gasteiger partial charge in [0.15, 0.2) is 0 Å². The SMILES string of the molecule is FC(F)(F)c1cc(CCCBr)no1. The quantitative estimate of drug-likeness (QED) is 0.779. The van der Waals surface area contributed by atoms with E-state index < -0.39 is 11.9 Å². The highest BCUT2D eigenvalue weighted by molar-refractivity contribution is 9.09. The third-order valence-electron chi connectivity index (χ3n) is 1.40. The van der Waals surface area contributed by atoms with Crippen molar-refractivity contribution in [3.8, 4) is 0 Å². The summed E-state index contributed by atoms with van der Waals surface area (Å²) in [5.74, 6) is -1.03. The summed E-state index contributed by atoms with van der Waals surface area (Å²) in [5.41, 5.74) is 0.340. The zero-order valence-corrected chi connectivity index (χ0v) is 8.15. The van der Waals surface area contributed by atoms with Crippen molar-refractivity contribution in [2.24, 2.45) is 0 Å². The monoisotopic (exact) mass is 257 g/mol. The lowest BCUT2D eigenvalue weighted by molar-refractivity contribution is -0.155. The first kappa shape index (κ1) is 10.6. The van der Waals surface area contributed by atoms with Crippen molar-refractivity contribution in [2.75, 3.05) is 5.33 Å². The molecular formula is C7H7BrF3NO. The lowest BCUT2D eigenvalue weighted by Crippen LogP contribution is -2.02. The van der Waals surface area contributed by atoms with Crippen LogP contribution in [-0.4, -0.2) is 10.5 Å². The molecule has 13 heavy (non-hydrogen) atoms. The fraction of sp³-hybridized carbons (Fsp3) is 0.571. The molecule has 0 amide bonds. The van der Waals surface area contributed by atoms with Crippen LogP contribution in [0.1, 0.15) is 17.9 Å². The average molecular weight is 258 g/mol. The summed E-state index contributed by atoms with van der Waals surface area (Å²) in [6.45, 7) is 0. The van der Waals surface area contributed by atoms with Gasteiger partial charge in [-0.1, -0.05) is 21.1 Å². The van der Waals surface area contributed by atoms with Crippen LogP contribution >= 0.6 is 15.9 Å². The van der Waals surface area contributed by atoms with E-state index in [9.17, 15) is 13.2 Å². The lowest BCUT2D eigenvalue weighted by atomic mass is 10.2. The van der Waals surface area contributed by atoms with Crippen molar-refractivity contribution in [1.82, 2.24) is 5.16 Å². The maximum Gasteiger partial charge on any atom is 0.452 e. The Morgan fingerprint density at radius 3 is 2.62 bits per heavy atom. The first-order valence-electron chi connectivity index (χ1n) is 3.63. The predicted molar refractivity (Wildman–Crippen MR) is 43.6 cm³/mol. The van der Waals surface area contributed by atoms with Gasteiger partial charge in [-0.25, -0.2) is 0 Å². The van der Waals surface area contributed by atoms with Gasteiger partial charge >= 0.3 is 6.18 Å². The molecule has 0 bridgehead atoms. The van der Waals surface area contributed by atoms with E-state index >= 15 is 0 Å². The molecule has 1 rings (SSSR count). The maximum atomic E-state index is 12.0. The van der Waals surface area contributed by atoms with Crippen LogP contribution in [0.2, 0.25) is 0 Å². The highest BCUT2D eigenvalue weighted by Crippen LogP contribution is 2.29. The molecule has 0 aliphatic heterocycles. The first-order valence-corrected chi connectivity index (χ1v) is 4.75. The van der Waals surface area contributed by atoms with Gasteiger partial charge in [0.1, 0.15) is 0 Å². The van der Waals surface area contributed by atoms with Crippen LogP contribution in [0.15, 0.2) is 10.6 Å². The number of hydrogen-bond donors (Lipinski definition) is 0. The molecule has 1 heterocycles. The minimum atomic E-state index is -4.43. The van der Waals surface area contributed by atoms with Gasteiger partial charge in [0.2, 0.25) is 5.76 Å². The zero-order chi connectivity index (χ0) is 9.90. The Labute approximate surface area is 81.2 Å². The van der Waals surface area contributed by atoms with Crippen LogP contribution in [0.25, 0.3) is 0 Å². The first-order chi connectivity index (χ1) is 6.04. The number of nitrogens with zero attached hydrogens (tertiary/aromatic N) is 1. The van der Waals surface area contributed by atoms with E-state index in [1.54, 1.807) is 0 Å². The zero-order valence-electron chi connectivity index (χ0n) is 6.57. The molecule has 0 saturated heterocycles. The van der Waals surface area contributed by atoms with Gasteiger partial charge in [-0.2, -0.15) is 13.2 Å². The molecule has 0 saturated carbocycles. The molecule has 0 spiro atoms. The second kappa shape index (κ2) is 4.13. The summed E-state index contributed by atoms with van der Waals surface area (Å²) in [6, 6.07) is 0.933. The Hall–Kier alpha value is -0.520. The normalized spacial score (nSPS) is 12.0. The van der Waals surface area contributed by atoms with Gasteiger partial charge in [0.05, 0.1) is 5.69 Å². The van der Waals surface area contributed by atoms with Gasteiger partial charge in [-0.3, -0.25) is 0 Å². The van der Waals surface area contributed by atoms with Crippen molar-refractivity contribution < 1.29 is 17.7 Å². The van der Waals surface area contributed by atoms with Crippen LogP contribution in [-0.2, 0) is 12.6 Å². The maximum absolute atomic E-state index is 12.0. The number of aromatic nitrogens is 1. The molecular weight excluding hydrogens is 251 g/mol.